The Kier molecular flexibility index (Phi) is 6.70. The number of hydrogen-bond donors (Lipinski definition) is 3. The first kappa shape index (κ1) is 20.5. The van der Waals surface area contributed by atoms with Crippen LogP contribution in [0.5, 0.6) is 5.75 Å². The predicted molar refractivity (Wildman–Crippen MR) is 122 cm³/mol. The smallest absolute Gasteiger partial charge is 0.121 e. The minimum absolute atomic E-state index is 0.486. The molecule has 3 aromatic carbocycles. The highest BCUT2D eigenvalue weighted by molar-refractivity contribution is 6.30. The fraction of sp³-hybridized carbons (Fsp3) is 0.200. The first-order valence-corrected chi connectivity index (χ1v) is 10.5. The molecular formula is C25H25ClN2O2. The molecule has 1 aromatic heterocycles. The van der Waals surface area contributed by atoms with Gasteiger partial charge < -0.3 is 20.1 Å². The lowest BCUT2D eigenvalue weighted by molar-refractivity contribution is 0.175. The average Bonchev–Trinajstić information content (AvgIpc) is 3.18. The normalized spacial score (nSPS) is 12.2. The number of aromatic amines is 1. The highest BCUT2D eigenvalue weighted by Gasteiger charge is 2.09. The van der Waals surface area contributed by atoms with Crippen LogP contribution in [0.1, 0.15) is 22.8 Å². The maximum absolute atomic E-state index is 10.3. The first-order valence-electron chi connectivity index (χ1n) is 10.1. The van der Waals surface area contributed by atoms with Crippen molar-refractivity contribution in [2.24, 2.45) is 0 Å². The number of H-pyrrole nitrogens is 1. The van der Waals surface area contributed by atoms with Crippen LogP contribution in [0.15, 0.2) is 79.0 Å². The summed E-state index contributed by atoms with van der Waals surface area (Å²) in [5, 5.41) is 15.5. The average molecular weight is 421 g/mol. The molecule has 0 saturated carbocycles. The zero-order valence-corrected chi connectivity index (χ0v) is 17.4. The fourth-order valence-corrected chi connectivity index (χ4v) is 3.70. The van der Waals surface area contributed by atoms with Gasteiger partial charge in [-0.3, -0.25) is 0 Å². The van der Waals surface area contributed by atoms with Crippen molar-refractivity contribution in [2.75, 3.05) is 13.1 Å². The van der Waals surface area contributed by atoms with Gasteiger partial charge >= 0.3 is 0 Å². The molecule has 0 fully saturated rings. The molecule has 0 aliphatic rings. The lowest BCUT2D eigenvalue weighted by atomic mass is 10.1. The number of ether oxygens (including phenoxy) is 1. The summed E-state index contributed by atoms with van der Waals surface area (Å²) in [6, 6.07) is 23.6. The van der Waals surface area contributed by atoms with E-state index in [0.717, 1.165) is 35.4 Å². The summed E-state index contributed by atoms with van der Waals surface area (Å²) in [7, 11) is 0. The van der Waals surface area contributed by atoms with Gasteiger partial charge in [0.05, 0.1) is 6.10 Å². The van der Waals surface area contributed by atoms with Crippen molar-refractivity contribution < 1.29 is 9.84 Å². The molecule has 30 heavy (non-hydrogen) atoms. The first-order chi connectivity index (χ1) is 14.7. The Hall–Kier alpha value is -2.79. The van der Waals surface area contributed by atoms with E-state index in [-0.39, 0.29) is 0 Å². The van der Waals surface area contributed by atoms with Crippen molar-refractivity contribution >= 4 is 22.5 Å². The third-order valence-electron chi connectivity index (χ3n) is 5.13. The van der Waals surface area contributed by atoms with E-state index in [1.54, 1.807) is 12.1 Å². The molecule has 0 aliphatic carbocycles. The molecule has 5 heteroatoms. The van der Waals surface area contributed by atoms with Gasteiger partial charge in [-0.2, -0.15) is 0 Å². The topological polar surface area (TPSA) is 57.3 Å². The zero-order chi connectivity index (χ0) is 20.8. The third-order valence-corrected chi connectivity index (χ3v) is 5.36. The van der Waals surface area contributed by atoms with Gasteiger partial charge in [-0.25, -0.2) is 0 Å². The summed E-state index contributed by atoms with van der Waals surface area (Å²) in [4.78, 5) is 3.34. The second-order valence-electron chi connectivity index (χ2n) is 7.32. The Morgan fingerprint density at radius 1 is 1.00 bits per heavy atom. The zero-order valence-electron chi connectivity index (χ0n) is 16.6. The molecule has 0 aliphatic heterocycles. The number of aliphatic hydroxyl groups is 1. The van der Waals surface area contributed by atoms with Crippen molar-refractivity contribution in [3.63, 3.8) is 0 Å². The number of rotatable bonds is 9. The molecule has 0 bridgehead atoms. The predicted octanol–water partition coefficient (Wildman–Crippen LogP) is 5.27. The second kappa shape index (κ2) is 9.81. The van der Waals surface area contributed by atoms with Gasteiger partial charge in [-0.1, -0.05) is 54.1 Å². The van der Waals surface area contributed by atoms with Crippen LogP contribution in [0.25, 0.3) is 10.9 Å². The lowest BCUT2D eigenvalue weighted by Crippen LogP contribution is -2.23. The van der Waals surface area contributed by atoms with Crippen LogP contribution in [0.3, 0.4) is 0 Å². The summed E-state index contributed by atoms with van der Waals surface area (Å²) in [5.74, 6) is 0.850. The molecule has 1 unspecified atom stereocenters. The molecule has 4 rings (SSSR count). The Bertz CT molecular complexity index is 1090. The van der Waals surface area contributed by atoms with E-state index in [1.165, 1.54) is 10.9 Å². The number of halogens is 1. The second-order valence-corrected chi connectivity index (χ2v) is 7.76. The molecule has 154 valence electrons. The molecule has 0 amide bonds. The molecule has 4 aromatic rings. The van der Waals surface area contributed by atoms with Crippen LogP contribution >= 0.6 is 11.6 Å². The third kappa shape index (κ3) is 5.22. The number of nitrogens with one attached hydrogen (secondary N) is 2. The van der Waals surface area contributed by atoms with Gasteiger partial charge in [-0.05, 0) is 53.9 Å². The van der Waals surface area contributed by atoms with Crippen molar-refractivity contribution in [3.8, 4) is 5.75 Å². The molecule has 0 saturated heterocycles. The van der Waals surface area contributed by atoms with Crippen LogP contribution in [0.2, 0.25) is 5.02 Å². The highest BCUT2D eigenvalue weighted by Crippen LogP contribution is 2.24. The Labute approximate surface area is 181 Å². The van der Waals surface area contributed by atoms with Crippen LogP contribution in [-0.4, -0.2) is 23.2 Å². The van der Waals surface area contributed by atoms with E-state index < -0.39 is 6.10 Å². The van der Waals surface area contributed by atoms with Gasteiger partial charge in [0.1, 0.15) is 12.4 Å². The standard InChI is InChI=1S/C25H25ClN2O2/c26-21-8-4-7-19(13-21)25(29)16-27-12-11-20-15-28-24-14-22(9-10-23(20)24)30-17-18-5-2-1-3-6-18/h1-10,13-15,25,27-29H,11-12,16-17H2. The largest absolute Gasteiger partial charge is 0.489 e. The number of aliphatic hydroxyl groups excluding tert-OH is 1. The summed E-state index contributed by atoms with van der Waals surface area (Å²) in [6.45, 7) is 1.82. The lowest BCUT2D eigenvalue weighted by Gasteiger charge is -2.12. The minimum Gasteiger partial charge on any atom is -0.489 e. The van der Waals surface area contributed by atoms with Crippen molar-refractivity contribution in [1.82, 2.24) is 10.3 Å². The van der Waals surface area contributed by atoms with Crippen molar-refractivity contribution in [1.29, 1.82) is 0 Å². The van der Waals surface area contributed by atoms with Crippen LogP contribution < -0.4 is 10.1 Å². The van der Waals surface area contributed by atoms with Crippen LogP contribution in [0.4, 0.5) is 0 Å². The number of aromatic nitrogens is 1. The Morgan fingerprint density at radius 3 is 2.70 bits per heavy atom. The Morgan fingerprint density at radius 2 is 1.87 bits per heavy atom. The quantitative estimate of drug-likeness (QED) is 0.323. The van der Waals surface area contributed by atoms with E-state index in [0.29, 0.717) is 18.2 Å². The summed E-state index contributed by atoms with van der Waals surface area (Å²) in [5.41, 5.74) is 4.28. The van der Waals surface area contributed by atoms with Gasteiger partial charge in [-0.15, -0.1) is 0 Å². The van der Waals surface area contributed by atoms with Gasteiger partial charge in [0.25, 0.3) is 0 Å². The fourth-order valence-electron chi connectivity index (χ4n) is 3.50. The van der Waals surface area contributed by atoms with E-state index in [1.807, 2.05) is 48.7 Å². The van der Waals surface area contributed by atoms with Crippen LogP contribution in [0, 0.1) is 0 Å². The van der Waals surface area contributed by atoms with Crippen molar-refractivity contribution in [2.45, 2.75) is 19.1 Å². The van der Waals surface area contributed by atoms with E-state index >= 15 is 0 Å². The minimum atomic E-state index is -0.573. The highest BCUT2D eigenvalue weighted by atomic mass is 35.5. The Balaban J connectivity index is 1.29. The monoisotopic (exact) mass is 420 g/mol. The maximum atomic E-state index is 10.3. The molecule has 1 heterocycles. The SMILES string of the molecule is OC(CNCCc1c[nH]c2cc(OCc3ccccc3)ccc12)c1cccc(Cl)c1. The van der Waals surface area contributed by atoms with Gasteiger partial charge in [0.2, 0.25) is 0 Å². The van der Waals surface area contributed by atoms with Gasteiger partial charge in [0, 0.05) is 34.7 Å². The molecule has 3 N–H and O–H groups in total. The molecule has 0 radical (unpaired) electrons. The number of fused-ring (bicyclic) bond motifs is 1. The van der Waals surface area contributed by atoms with Crippen LogP contribution in [-0.2, 0) is 13.0 Å². The summed E-state index contributed by atoms with van der Waals surface area (Å²) in [6.07, 6.45) is 2.34. The molecule has 4 nitrogen and oxygen atoms in total. The summed E-state index contributed by atoms with van der Waals surface area (Å²) >= 11 is 5.99. The maximum Gasteiger partial charge on any atom is 0.121 e. The molecule has 1 atom stereocenters. The molecule has 0 spiro atoms. The van der Waals surface area contributed by atoms with E-state index in [9.17, 15) is 5.11 Å². The van der Waals surface area contributed by atoms with E-state index in [2.05, 4.69) is 28.5 Å². The number of benzene rings is 3. The van der Waals surface area contributed by atoms with E-state index in [4.69, 9.17) is 16.3 Å². The number of hydrogen-bond acceptors (Lipinski definition) is 3. The van der Waals surface area contributed by atoms with Gasteiger partial charge in [0.15, 0.2) is 0 Å². The molecular weight excluding hydrogens is 396 g/mol. The van der Waals surface area contributed by atoms with Crippen molar-refractivity contribution in [3.05, 3.63) is 101 Å². The summed E-state index contributed by atoms with van der Waals surface area (Å²) < 4.78 is 5.92.